The molecule has 1 aromatic carbocycles. The van der Waals surface area contributed by atoms with Gasteiger partial charge in [-0.1, -0.05) is 0 Å². The van der Waals surface area contributed by atoms with Crippen LogP contribution in [0.3, 0.4) is 0 Å². The Morgan fingerprint density at radius 1 is 1.60 bits per heavy atom. The molecule has 1 fully saturated rings. The van der Waals surface area contributed by atoms with Crippen LogP contribution >= 0.6 is 0 Å². The number of nitrogens with zero attached hydrogens (tertiary/aromatic N) is 2. The van der Waals surface area contributed by atoms with Gasteiger partial charge in [0, 0.05) is 19.1 Å². The van der Waals surface area contributed by atoms with E-state index in [1.165, 1.54) is 0 Å². The summed E-state index contributed by atoms with van der Waals surface area (Å²) in [6, 6.07) is 1.80. The second-order valence-corrected chi connectivity index (χ2v) is 4.56. The zero-order valence-corrected chi connectivity index (χ0v) is 10.8. The van der Waals surface area contributed by atoms with Crippen molar-refractivity contribution in [3.05, 3.63) is 33.6 Å². The molecule has 0 saturated carbocycles. The van der Waals surface area contributed by atoms with Gasteiger partial charge in [0.2, 0.25) is 0 Å². The molecule has 1 aliphatic rings. The number of anilines is 1. The number of hydrogen-bond donors (Lipinski definition) is 1. The van der Waals surface area contributed by atoms with Crippen molar-refractivity contribution in [1.82, 2.24) is 0 Å². The highest BCUT2D eigenvalue weighted by molar-refractivity contribution is 5.92. The molecule has 0 bridgehead atoms. The van der Waals surface area contributed by atoms with E-state index in [2.05, 4.69) is 4.74 Å². The molecule has 1 aromatic rings. The van der Waals surface area contributed by atoms with Gasteiger partial charge in [-0.15, -0.1) is 0 Å². The Kier molecular flexibility index (Phi) is 3.84. The van der Waals surface area contributed by atoms with Gasteiger partial charge in [-0.25, -0.2) is 9.18 Å². The Bertz CT molecular complexity index is 564. The topological polar surface area (TPSA) is 98.7 Å². The quantitative estimate of drug-likeness (QED) is 0.506. The summed E-state index contributed by atoms with van der Waals surface area (Å²) in [7, 11) is 1.12. The van der Waals surface area contributed by atoms with Gasteiger partial charge >= 0.3 is 5.97 Å². The average Bonchev–Trinajstić information content (AvgIpc) is 2.84. The number of benzene rings is 1. The first-order valence-corrected chi connectivity index (χ1v) is 6.00. The van der Waals surface area contributed by atoms with Crippen LogP contribution in [-0.2, 0) is 4.74 Å². The Hall–Kier alpha value is -2.22. The normalized spacial score (nSPS) is 18.1. The third kappa shape index (κ3) is 2.55. The summed E-state index contributed by atoms with van der Waals surface area (Å²) >= 11 is 0. The van der Waals surface area contributed by atoms with Crippen molar-refractivity contribution in [2.75, 3.05) is 25.1 Å². The molecule has 0 aliphatic carbocycles. The Morgan fingerprint density at radius 2 is 2.30 bits per heavy atom. The molecule has 7 nitrogen and oxygen atoms in total. The zero-order valence-electron chi connectivity index (χ0n) is 10.8. The number of carbonyl (C=O) groups excluding carboxylic acids is 1. The summed E-state index contributed by atoms with van der Waals surface area (Å²) in [5.74, 6) is -1.85. The number of hydrogen-bond acceptors (Lipinski definition) is 6. The molecular weight excluding hydrogens is 269 g/mol. The molecule has 0 amide bonds. The molecule has 2 rings (SSSR count). The minimum absolute atomic E-state index is 0.0961. The Labute approximate surface area is 114 Å². The van der Waals surface area contributed by atoms with Crippen LogP contribution in [0.15, 0.2) is 12.1 Å². The number of nitro benzene ring substituents is 1. The fourth-order valence-electron chi connectivity index (χ4n) is 2.22. The second kappa shape index (κ2) is 5.41. The van der Waals surface area contributed by atoms with Crippen LogP contribution in [0.25, 0.3) is 0 Å². The van der Waals surface area contributed by atoms with E-state index in [9.17, 15) is 19.3 Å². The highest BCUT2D eigenvalue weighted by atomic mass is 19.1. The van der Waals surface area contributed by atoms with Crippen molar-refractivity contribution < 1.29 is 18.8 Å². The molecule has 1 saturated heterocycles. The summed E-state index contributed by atoms with van der Waals surface area (Å²) in [5, 5.41) is 11.0. The lowest BCUT2D eigenvalue weighted by Gasteiger charge is -2.18. The molecule has 1 aliphatic heterocycles. The van der Waals surface area contributed by atoms with Gasteiger partial charge in [0.15, 0.2) is 0 Å². The van der Waals surface area contributed by atoms with E-state index in [4.69, 9.17) is 5.73 Å². The fraction of sp³-hybridized carbons (Fsp3) is 0.417. The predicted molar refractivity (Wildman–Crippen MR) is 69.2 cm³/mol. The summed E-state index contributed by atoms with van der Waals surface area (Å²) in [6.45, 7) is 0.946. The number of nitro groups is 1. The van der Waals surface area contributed by atoms with Gasteiger partial charge in [0.1, 0.15) is 11.5 Å². The number of nitrogens with two attached hydrogens (primary N) is 1. The highest BCUT2D eigenvalue weighted by Gasteiger charge is 2.29. The van der Waals surface area contributed by atoms with Crippen molar-refractivity contribution in [2.24, 2.45) is 5.73 Å². The van der Waals surface area contributed by atoms with E-state index in [0.717, 1.165) is 19.2 Å². The number of methoxy groups -OCH3 is 1. The fourth-order valence-corrected chi connectivity index (χ4v) is 2.22. The molecule has 108 valence electrons. The van der Waals surface area contributed by atoms with Gasteiger partial charge in [-0.2, -0.15) is 0 Å². The van der Waals surface area contributed by atoms with Gasteiger partial charge in [0.25, 0.3) is 5.69 Å². The number of esters is 1. The maximum absolute atomic E-state index is 13.7. The summed E-state index contributed by atoms with van der Waals surface area (Å²) in [6.07, 6.45) is 0.683. The zero-order chi connectivity index (χ0) is 14.9. The number of rotatable bonds is 3. The van der Waals surface area contributed by atoms with Gasteiger partial charge in [-0.05, 0) is 12.5 Å². The number of ether oxygens (including phenoxy) is 1. The largest absolute Gasteiger partial charge is 0.465 e. The van der Waals surface area contributed by atoms with E-state index < -0.39 is 16.7 Å². The van der Waals surface area contributed by atoms with E-state index >= 15 is 0 Å². The lowest BCUT2D eigenvalue weighted by atomic mass is 10.1. The van der Waals surface area contributed by atoms with E-state index in [0.29, 0.717) is 19.5 Å². The van der Waals surface area contributed by atoms with Crippen LogP contribution in [0, 0.1) is 15.9 Å². The Morgan fingerprint density at radius 3 is 2.80 bits per heavy atom. The molecule has 1 atom stereocenters. The molecule has 2 N–H and O–H groups in total. The first-order valence-electron chi connectivity index (χ1n) is 6.00. The minimum atomic E-state index is -0.976. The maximum Gasteiger partial charge on any atom is 0.340 e. The van der Waals surface area contributed by atoms with Crippen molar-refractivity contribution in [1.29, 1.82) is 0 Å². The summed E-state index contributed by atoms with van der Waals surface area (Å²) < 4.78 is 18.2. The van der Waals surface area contributed by atoms with Crippen LogP contribution < -0.4 is 10.6 Å². The maximum atomic E-state index is 13.7. The molecule has 1 heterocycles. The first kappa shape index (κ1) is 14.2. The van der Waals surface area contributed by atoms with Crippen molar-refractivity contribution in [3.8, 4) is 0 Å². The van der Waals surface area contributed by atoms with Crippen molar-refractivity contribution >= 4 is 17.3 Å². The van der Waals surface area contributed by atoms with Gasteiger partial charge in [0.05, 0.1) is 23.7 Å². The van der Waals surface area contributed by atoms with Crippen molar-refractivity contribution in [3.63, 3.8) is 0 Å². The lowest BCUT2D eigenvalue weighted by molar-refractivity contribution is -0.384. The molecule has 20 heavy (non-hydrogen) atoms. The predicted octanol–water partition coefficient (Wildman–Crippen LogP) is 1.06. The highest BCUT2D eigenvalue weighted by Crippen LogP contribution is 2.33. The monoisotopic (exact) mass is 283 g/mol. The SMILES string of the molecule is COC(=O)c1cc(N2CCC(N)C2)c([N+](=O)[O-])cc1F. The van der Waals surface area contributed by atoms with E-state index in [-0.39, 0.29) is 23.0 Å². The number of carbonyl (C=O) groups is 1. The summed E-state index contributed by atoms with van der Waals surface area (Å²) in [5.41, 5.74) is 5.24. The van der Waals surface area contributed by atoms with Crippen LogP contribution in [0.1, 0.15) is 16.8 Å². The molecule has 0 aromatic heterocycles. The molecule has 8 heteroatoms. The average molecular weight is 283 g/mol. The first-order chi connectivity index (χ1) is 9.43. The van der Waals surface area contributed by atoms with Gasteiger partial charge < -0.3 is 15.4 Å². The lowest BCUT2D eigenvalue weighted by Crippen LogP contribution is -2.27. The molecular formula is C12H14FN3O4. The molecule has 0 radical (unpaired) electrons. The smallest absolute Gasteiger partial charge is 0.340 e. The van der Waals surface area contributed by atoms with Crippen molar-refractivity contribution in [2.45, 2.75) is 12.5 Å². The second-order valence-electron chi connectivity index (χ2n) is 4.56. The third-order valence-corrected chi connectivity index (χ3v) is 3.23. The third-order valence-electron chi connectivity index (χ3n) is 3.23. The van der Waals surface area contributed by atoms with Crippen LogP contribution in [0.2, 0.25) is 0 Å². The standard InChI is InChI=1S/C12H14FN3O4/c1-20-12(17)8-4-10(15-3-2-7(14)6-15)11(16(18)19)5-9(8)13/h4-5,7H,2-3,6,14H2,1H3. The minimum Gasteiger partial charge on any atom is -0.465 e. The Balaban J connectivity index is 2.51. The van der Waals surface area contributed by atoms with E-state index in [1.54, 1.807) is 4.90 Å². The van der Waals surface area contributed by atoms with Gasteiger partial charge in [-0.3, -0.25) is 10.1 Å². The number of halogens is 1. The van der Waals surface area contributed by atoms with E-state index in [1.807, 2.05) is 0 Å². The molecule has 1 unspecified atom stereocenters. The molecule has 0 spiro atoms. The summed E-state index contributed by atoms with van der Waals surface area (Å²) in [4.78, 5) is 23.5. The van der Waals surface area contributed by atoms with Crippen LogP contribution in [-0.4, -0.2) is 37.1 Å². The van der Waals surface area contributed by atoms with Crippen LogP contribution in [0.5, 0.6) is 0 Å². The van der Waals surface area contributed by atoms with Crippen LogP contribution in [0.4, 0.5) is 15.8 Å².